The molecule has 0 spiro atoms. The van der Waals surface area contributed by atoms with Gasteiger partial charge < -0.3 is 25.0 Å². The van der Waals surface area contributed by atoms with Crippen molar-refractivity contribution in [3.05, 3.63) is 83.9 Å². The lowest BCUT2D eigenvalue weighted by Gasteiger charge is -2.21. The van der Waals surface area contributed by atoms with Crippen LogP contribution in [0.4, 0.5) is 24.8 Å². The summed E-state index contributed by atoms with van der Waals surface area (Å²) in [5.74, 6) is 1.00. The molecular formula is C33H36F3N7O4S. The lowest BCUT2D eigenvalue weighted by molar-refractivity contribution is -0.274. The molecule has 5 rings (SSSR count). The van der Waals surface area contributed by atoms with Crippen molar-refractivity contribution in [2.45, 2.75) is 45.4 Å². The Morgan fingerprint density at radius 2 is 1.71 bits per heavy atom. The van der Waals surface area contributed by atoms with Crippen LogP contribution in [-0.2, 0) is 20.8 Å². The fourth-order valence-corrected chi connectivity index (χ4v) is 5.82. The van der Waals surface area contributed by atoms with E-state index in [1.165, 1.54) is 40.7 Å². The molecule has 15 heteroatoms. The Morgan fingerprint density at radius 3 is 2.38 bits per heavy atom. The SMILES string of the molecule is COC(CCNc1nc(-c2ccc(CN/N=C3\SCC(=O)N3c3ccccc3C(C)C)cc2)nn1-c1ccc(OC(F)(F)F)cc1)OC. The summed E-state index contributed by atoms with van der Waals surface area (Å²) < 4.78 is 54.0. The van der Waals surface area contributed by atoms with Crippen molar-refractivity contribution < 1.29 is 32.2 Å². The van der Waals surface area contributed by atoms with Gasteiger partial charge in [-0.15, -0.1) is 18.3 Å². The number of thioether (sulfide) groups is 1. The van der Waals surface area contributed by atoms with E-state index in [9.17, 15) is 18.0 Å². The van der Waals surface area contributed by atoms with Crippen molar-refractivity contribution in [1.82, 2.24) is 20.2 Å². The maximum Gasteiger partial charge on any atom is 0.573 e. The average Bonchev–Trinajstić information content (AvgIpc) is 3.66. The molecule has 3 aromatic carbocycles. The number of carbonyl (C=O) groups is 1. The number of para-hydroxylation sites is 1. The smallest absolute Gasteiger partial charge is 0.406 e. The van der Waals surface area contributed by atoms with Gasteiger partial charge >= 0.3 is 6.36 Å². The Morgan fingerprint density at radius 1 is 1.00 bits per heavy atom. The molecule has 48 heavy (non-hydrogen) atoms. The zero-order chi connectivity index (χ0) is 34.3. The third kappa shape index (κ3) is 8.65. The number of aromatic nitrogens is 3. The van der Waals surface area contributed by atoms with E-state index < -0.39 is 12.7 Å². The molecule has 254 valence electrons. The van der Waals surface area contributed by atoms with Crippen molar-refractivity contribution in [3.63, 3.8) is 0 Å². The normalized spacial score (nSPS) is 14.4. The molecule has 0 bridgehead atoms. The van der Waals surface area contributed by atoms with E-state index >= 15 is 0 Å². The number of benzene rings is 3. The molecule has 1 saturated heterocycles. The monoisotopic (exact) mass is 683 g/mol. The Hall–Kier alpha value is -4.60. The molecule has 1 aromatic heterocycles. The largest absolute Gasteiger partial charge is 0.573 e. The van der Waals surface area contributed by atoms with Crippen molar-refractivity contribution in [3.8, 4) is 22.8 Å². The molecule has 0 atom stereocenters. The highest BCUT2D eigenvalue weighted by Crippen LogP contribution is 2.33. The summed E-state index contributed by atoms with van der Waals surface area (Å²) in [6, 6.07) is 20.8. The molecule has 4 aromatic rings. The number of rotatable bonds is 14. The van der Waals surface area contributed by atoms with Gasteiger partial charge in [-0.05, 0) is 47.4 Å². The first kappa shape index (κ1) is 34.7. The summed E-state index contributed by atoms with van der Waals surface area (Å²) >= 11 is 1.39. The summed E-state index contributed by atoms with van der Waals surface area (Å²) in [6.45, 7) is 5.03. The Labute approximate surface area is 280 Å². The van der Waals surface area contributed by atoms with Crippen LogP contribution in [0.25, 0.3) is 17.1 Å². The van der Waals surface area contributed by atoms with E-state index in [0.717, 1.165) is 22.4 Å². The summed E-state index contributed by atoms with van der Waals surface area (Å²) in [5.41, 5.74) is 7.16. The van der Waals surface area contributed by atoms with Gasteiger partial charge in [0.2, 0.25) is 11.9 Å². The minimum Gasteiger partial charge on any atom is -0.406 e. The van der Waals surface area contributed by atoms with E-state index in [1.807, 2.05) is 48.5 Å². The molecular weight excluding hydrogens is 647 g/mol. The Balaban J connectivity index is 1.31. The number of alkyl halides is 3. The number of hydrogen-bond acceptors (Lipinski definition) is 10. The zero-order valence-electron chi connectivity index (χ0n) is 26.8. The topological polar surface area (TPSA) is 115 Å². The van der Waals surface area contributed by atoms with Gasteiger partial charge in [0.05, 0.1) is 23.7 Å². The van der Waals surface area contributed by atoms with E-state index in [0.29, 0.717) is 47.9 Å². The summed E-state index contributed by atoms with van der Waals surface area (Å²) in [4.78, 5) is 19.1. The third-order valence-corrected chi connectivity index (χ3v) is 8.27. The van der Waals surface area contributed by atoms with Gasteiger partial charge in [-0.1, -0.05) is 68.1 Å². The second-order valence-electron chi connectivity index (χ2n) is 11.0. The molecule has 2 heterocycles. The van der Waals surface area contributed by atoms with Gasteiger partial charge in [0, 0.05) is 32.7 Å². The quantitative estimate of drug-likeness (QED) is 0.113. The van der Waals surface area contributed by atoms with Crippen LogP contribution in [0.1, 0.15) is 37.3 Å². The van der Waals surface area contributed by atoms with Gasteiger partial charge in [-0.3, -0.25) is 9.69 Å². The van der Waals surface area contributed by atoms with Crippen molar-refractivity contribution >= 4 is 34.5 Å². The Bertz CT molecular complexity index is 1710. The zero-order valence-corrected chi connectivity index (χ0v) is 27.6. The van der Waals surface area contributed by atoms with Gasteiger partial charge in [-0.2, -0.15) is 14.8 Å². The lowest BCUT2D eigenvalue weighted by atomic mass is 10.0. The van der Waals surface area contributed by atoms with Gasteiger partial charge in [0.1, 0.15) is 5.75 Å². The van der Waals surface area contributed by atoms with Crippen LogP contribution in [0.2, 0.25) is 0 Å². The van der Waals surface area contributed by atoms with Gasteiger partial charge in [0.25, 0.3) is 0 Å². The molecule has 1 amide bonds. The predicted molar refractivity (Wildman–Crippen MR) is 179 cm³/mol. The first-order valence-corrected chi connectivity index (χ1v) is 16.1. The number of halogens is 3. The fraction of sp³-hybridized carbons (Fsp3) is 0.333. The van der Waals surface area contributed by atoms with E-state index in [-0.39, 0.29) is 17.6 Å². The number of methoxy groups -OCH3 is 2. The van der Waals surface area contributed by atoms with Gasteiger partial charge in [-0.25, -0.2) is 0 Å². The van der Waals surface area contributed by atoms with E-state index in [4.69, 9.17) is 9.47 Å². The molecule has 0 saturated carbocycles. The van der Waals surface area contributed by atoms with Crippen LogP contribution in [0.15, 0.2) is 77.9 Å². The lowest BCUT2D eigenvalue weighted by Crippen LogP contribution is -2.31. The predicted octanol–water partition coefficient (Wildman–Crippen LogP) is 6.52. The molecule has 0 radical (unpaired) electrons. The van der Waals surface area contributed by atoms with Crippen molar-refractivity contribution in [1.29, 1.82) is 0 Å². The molecule has 1 aliphatic rings. The number of hydrazone groups is 1. The number of ether oxygens (including phenoxy) is 3. The van der Waals surface area contributed by atoms with Crippen molar-refractivity contribution in [2.75, 3.05) is 36.7 Å². The average molecular weight is 684 g/mol. The van der Waals surface area contributed by atoms with Crippen LogP contribution in [0.5, 0.6) is 5.75 Å². The van der Waals surface area contributed by atoms with Crippen molar-refractivity contribution in [2.24, 2.45) is 5.10 Å². The first-order valence-electron chi connectivity index (χ1n) is 15.1. The number of amidine groups is 1. The Kier molecular flexibility index (Phi) is 11.2. The molecule has 0 aliphatic carbocycles. The highest BCUT2D eigenvalue weighted by molar-refractivity contribution is 8.15. The number of amides is 1. The highest BCUT2D eigenvalue weighted by atomic mass is 32.2. The minimum absolute atomic E-state index is 0.0124. The number of anilines is 2. The van der Waals surface area contributed by atoms with Crippen LogP contribution >= 0.6 is 11.8 Å². The van der Waals surface area contributed by atoms with Gasteiger partial charge in [0.15, 0.2) is 17.3 Å². The third-order valence-electron chi connectivity index (χ3n) is 7.35. The summed E-state index contributed by atoms with van der Waals surface area (Å²) in [6.07, 6.45) is -4.71. The standard InChI is InChI=1S/C33H36F3N7O4S/c1-21(2)26-7-5-6-8-27(26)42-28(44)20-48-32(42)40-38-19-22-9-11-23(12-10-22)30-39-31(37-18-17-29(45-3)46-4)43(41-30)24-13-15-25(16-14-24)47-33(34,35)36/h5-16,21,29,38H,17-20H2,1-4H3,(H,37,39,41)/b40-32-. The molecule has 2 N–H and O–H groups in total. The number of hydrogen-bond donors (Lipinski definition) is 2. The molecule has 1 fully saturated rings. The minimum atomic E-state index is -4.79. The second-order valence-corrected chi connectivity index (χ2v) is 11.9. The molecule has 0 unspecified atom stereocenters. The maximum atomic E-state index is 12.8. The second kappa shape index (κ2) is 15.5. The van der Waals surface area contributed by atoms with Crippen LogP contribution in [0, 0.1) is 0 Å². The van der Waals surface area contributed by atoms with Crippen LogP contribution in [-0.4, -0.2) is 65.0 Å². The number of nitrogens with zero attached hydrogens (tertiary/aromatic N) is 5. The summed E-state index contributed by atoms with van der Waals surface area (Å²) in [5, 5.41) is 13.0. The van der Waals surface area contributed by atoms with E-state index in [2.05, 4.69) is 44.5 Å². The number of nitrogens with one attached hydrogen (secondary N) is 2. The first-order chi connectivity index (χ1) is 23.1. The highest BCUT2D eigenvalue weighted by Gasteiger charge is 2.32. The van der Waals surface area contributed by atoms with E-state index in [1.54, 1.807) is 19.1 Å². The molecule has 11 nitrogen and oxygen atoms in total. The van der Waals surface area contributed by atoms with Crippen LogP contribution in [0.3, 0.4) is 0 Å². The maximum absolute atomic E-state index is 12.8. The molecule has 1 aliphatic heterocycles. The fourth-order valence-electron chi connectivity index (χ4n) is 4.98. The summed E-state index contributed by atoms with van der Waals surface area (Å²) in [7, 11) is 3.09. The number of carbonyl (C=O) groups excluding carboxylic acids is 1. The van der Waals surface area contributed by atoms with Crippen LogP contribution < -0.4 is 20.4 Å².